The van der Waals surface area contributed by atoms with Crippen LogP contribution in [0.5, 0.6) is 0 Å². The summed E-state index contributed by atoms with van der Waals surface area (Å²) in [6.45, 7) is 0.557. The first-order valence-electron chi connectivity index (χ1n) is 4.19. The molecule has 0 aromatic carbocycles. The number of nitrogens with one attached hydrogen (secondary N) is 1. The standard InChI is InChI=1S/C8H12N2O3.ClH/c9-2-1-3-13-8(12)7-4-6(11)5-10-7;/h6-7,10-11H,1,3-5H2;1H. The van der Waals surface area contributed by atoms with E-state index in [-0.39, 0.29) is 31.4 Å². The Morgan fingerprint density at radius 3 is 2.93 bits per heavy atom. The van der Waals surface area contributed by atoms with Crippen LogP contribution in [0.4, 0.5) is 0 Å². The van der Waals surface area contributed by atoms with Gasteiger partial charge in [0, 0.05) is 13.0 Å². The lowest BCUT2D eigenvalue weighted by molar-refractivity contribution is -0.145. The van der Waals surface area contributed by atoms with Crippen molar-refractivity contribution < 1.29 is 14.6 Å². The zero-order valence-electron chi connectivity index (χ0n) is 7.60. The summed E-state index contributed by atoms with van der Waals surface area (Å²) in [6, 6.07) is 1.47. The molecular formula is C8H13ClN2O3. The molecule has 2 unspecified atom stereocenters. The van der Waals surface area contributed by atoms with Gasteiger partial charge in [-0.15, -0.1) is 12.4 Å². The van der Waals surface area contributed by atoms with Crippen LogP contribution in [0.2, 0.25) is 0 Å². The first-order chi connectivity index (χ1) is 6.24. The summed E-state index contributed by atoms with van der Waals surface area (Å²) in [5, 5.41) is 20.1. The van der Waals surface area contributed by atoms with Crippen molar-refractivity contribution in [3.63, 3.8) is 0 Å². The highest BCUT2D eigenvalue weighted by Gasteiger charge is 2.28. The lowest BCUT2D eigenvalue weighted by atomic mass is 10.2. The van der Waals surface area contributed by atoms with Gasteiger partial charge < -0.3 is 15.2 Å². The van der Waals surface area contributed by atoms with E-state index < -0.39 is 12.1 Å². The van der Waals surface area contributed by atoms with Crippen molar-refractivity contribution in [2.45, 2.75) is 25.0 Å². The van der Waals surface area contributed by atoms with Crippen LogP contribution in [0.25, 0.3) is 0 Å². The third-order valence-electron chi connectivity index (χ3n) is 1.85. The molecule has 0 saturated carbocycles. The fourth-order valence-electron chi connectivity index (χ4n) is 1.19. The lowest BCUT2D eigenvalue weighted by Crippen LogP contribution is -2.32. The van der Waals surface area contributed by atoms with Gasteiger partial charge in [-0.1, -0.05) is 0 Å². The minimum atomic E-state index is -0.464. The first-order valence-corrected chi connectivity index (χ1v) is 4.19. The van der Waals surface area contributed by atoms with E-state index >= 15 is 0 Å². The Balaban J connectivity index is 0.00000169. The molecule has 80 valence electrons. The Kier molecular flexibility index (Phi) is 6.21. The summed E-state index contributed by atoms with van der Waals surface area (Å²) >= 11 is 0. The molecule has 0 aromatic rings. The molecule has 1 fully saturated rings. The molecule has 1 aliphatic rings. The molecule has 6 heteroatoms. The van der Waals surface area contributed by atoms with Crippen molar-refractivity contribution in [1.82, 2.24) is 5.32 Å². The van der Waals surface area contributed by atoms with Crippen LogP contribution in [0.15, 0.2) is 0 Å². The average Bonchev–Trinajstić information content (AvgIpc) is 2.52. The van der Waals surface area contributed by atoms with E-state index in [2.05, 4.69) is 5.32 Å². The molecule has 1 saturated heterocycles. The molecule has 5 nitrogen and oxygen atoms in total. The molecule has 2 N–H and O–H groups in total. The predicted octanol–water partition coefficient (Wildman–Crippen LogP) is -0.412. The quantitative estimate of drug-likeness (QED) is 0.499. The largest absolute Gasteiger partial charge is 0.463 e. The maximum absolute atomic E-state index is 11.2. The maximum Gasteiger partial charge on any atom is 0.323 e. The van der Waals surface area contributed by atoms with Crippen LogP contribution in [0.3, 0.4) is 0 Å². The minimum absolute atomic E-state index is 0. The van der Waals surface area contributed by atoms with Gasteiger partial charge >= 0.3 is 5.97 Å². The lowest BCUT2D eigenvalue weighted by Gasteiger charge is -2.08. The number of carbonyl (C=O) groups excluding carboxylic acids is 1. The SMILES string of the molecule is Cl.N#CCCOC(=O)C1CC(O)CN1. The molecule has 0 aliphatic carbocycles. The molecule has 1 heterocycles. The molecule has 1 rings (SSSR count). The Morgan fingerprint density at radius 2 is 2.43 bits per heavy atom. The number of ether oxygens (including phenoxy) is 1. The molecular weight excluding hydrogens is 208 g/mol. The van der Waals surface area contributed by atoms with Gasteiger partial charge in [0.05, 0.1) is 18.6 Å². The predicted molar refractivity (Wildman–Crippen MR) is 50.9 cm³/mol. The Hall–Kier alpha value is -0.830. The number of esters is 1. The topological polar surface area (TPSA) is 82.3 Å². The third kappa shape index (κ3) is 3.92. The van der Waals surface area contributed by atoms with Crippen molar-refractivity contribution in [3.05, 3.63) is 0 Å². The normalized spacial score (nSPS) is 24.9. The number of hydrogen-bond acceptors (Lipinski definition) is 5. The summed E-state index contributed by atoms with van der Waals surface area (Å²) in [5.74, 6) is -0.383. The molecule has 1 aliphatic heterocycles. The zero-order valence-corrected chi connectivity index (χ0v) is 8.42. The molecule has 0 amide bonds. The number of nitrogens with zero attached hydrogens (tertiary/aromatic N) is 1. The van der Waals surface area contributed by atoms with E-state index in [0.29, 0.717) is 13.0 Å². The summed E-state index contributed by atoms with van der Waals surface area (Å²) in [6.07, 6.45) is 0.139. The number of hydrogen-bond donors (Lipinski definition) is 2. The highest BCUT2D eigenvalue weighted by molar-refractivity contribution is 5.85. The highest BCUT2D eigenvalue weighted by atomic mass is 35.5. The van der Waals surface area contributed by atoms with Crippen molar-refractivity contribution >= 4 is 18.4 Å². The van der Waals surface area contributed by atoms with E-state index in [1.54, 1.807) is 0 Å². The zero-order chi connectivity index (χ0) is 9.68. The highest BCUT2D eigenvalue weighted by Crippen LogP contribution is 2.07. The number of carbonyl (C=O) groups is 1. The summed E-state index contributed by atoms with van der Waals surface area (Å²) in [4.78, 5) is 11.2. The van der Waals surface area contributed by atoms with Gasteiger partial charge in [-0.25, -0.2) is 0 Å². The first kappa shape index (κ1) is 13.2. The Morgan fingerprint density at radius 1 is 1.71 bits per heavy atom. The van der Waals surface area contributed by atoms with Gasteiger partial charge in [0.15, 0.2) is 0 Å². The van der Waals surface area contributed by atoms with Gasteiger partial charge in [-0.3, -0.25) is 4.79 Å². The Labute approximate surface area is 88.5 Å². The molecule has 0 spiro atoms. The van der Waals surface area contributed by atoms with Crippen LogP contribution >= 0.6 is 12.4 Å². The van der Waals surface area contributed by atoms with Crippen molar-refractivity contribution in [3.8, 4) is 6.07 Å². The van der Waals surface area contributed by atoms with E-state index in [0.717, 1.165) is 0 Å². The smallest absolute Gasteiger partial charge is 0.323 e. The van der Waals surface area contributed by atoms with E-state index in [1.165, 1.54) is 0 Å². The molecule has 0 bridgehead atoms. The van der Waals surface area contributed by atoms with Gasteiger partial charge in [0.1, 0.15) is 12.6 Å². The number of aliphatic hydroxyl groups excluding tert-OH is 1. The second kappa shape index (κ2) is 6.60. The number of halogens is 1. The number of aliphatic hydroxyl groups is 1. The van der Waals surface area contributed by atoms with Crippen LogP contribution < -0.4 is 5.32 Å². The average molecular weight is 221 g/mol. The Bertz CT molecular complexity index is 229. The number of β-amino-alcohol motifs (C(OH)–C–C–N with tert-alkyl or cyclic N) is 1. The van der Waals surface area contributed by atoms with Crippen molar-refractivity contribution in [1.29, 1.82) is 5.26 Å². The second-order valence-corrected chi connectivity index (χ2v) is 2.93. The number of rotatable bonds is 3. The van der Waals surface area contributed by atoms with E-state index in [9.17, 15) is 4.79 Å². The van der Waals surface area contributed by atoms with Gasteiger partial charge in [-0.05, 0) is 0 Å². The van der Waals surface area contributed by atoms with Crippen molar-refractivity contribution in [2.24, 2.45) is 0 Å². The molecule has 0 radical (unpaired) electrons. The van der Waals surface area contributed by atoms with E-state index in [1.807, 2.05) is 6.07 Å². The number of nitriles is 1. The van der Waals surface area contributed by atoms with Crippen LogP contribution in [-0.2, 0) is 9.53 Å². The van der Waals surface area contributed by atoms with Crippen LogP contribution in [-0.4, -0.2) is 36.4 Å². The summed E-state index contributed by atoms with van der Waals surface area (Å²) in [5.41, 5.74) is 0. The van der Waals surface area contributed by atoms with Crippen LogP contribution in [0, 0.1) is 11.3 Å². The summed E-state index contributed by atoms with van der Waals surface area (Å²) < 4.78 is 4.78. The fraction of sp³-hybridized carbons (Fsp3) is 0.750. The van der Waals surface area contributed by atoms with Gasteiger partial charge in [0.2, 0.25) is 0 Å². The maximum atomic E-state index is 11.2. The fourth-order valence-corrected chi connectivity index (χ4v) is 1.19. The molecule has 0 aromatic heterocycles. The van der Waals surface area contributed by atoms with Gasteiger partial charge in [0.25, 0.3) is 0 Å². The van der Waals surface area contributed by atoms with Crippen molar-refractivity contribution in [2.75, 3.05) is 13.2 Å². The van der Waals surface area contributed by atoms with Gasteiger partial charge in [-0.2, -0.15) is 5.26 Å². The van der Waals surface area contributed by atoms with Crippen LogP contribution in [0.1, 0.15) is 12.8 Å². The van der Waals surface area contributed by atoms with E-state index in [4.69, 9.17) is 15.1 Å². The molecule has 14 heavy (non-hydrogen) atoms. The minimum Gasteiger partial charge on any atom is -0.463 e. The second-order valence-electron chi connectivity index (χ2n) is 2.93. The third-order valence-corrected chi connectivity index (χ3v) is 1.85. The monoisotopic (exact) mass is 220 g/mol. The summed E-state index contributed by atoms with van der Waals surface area (Å²) in [7, 11) is 0. The molecule has 2 atom stereocenters.